The van der Waals surface area contributed by atoms with Crippen LogP contribution in [0.15, 0.2) is 53.4 Å². The van der Waals surface area contributed by atoms with Crippen LogP contribution in [-0.2, 0) is 0 Å². The van der Waals surface area contributed by atoms with E-state index in [2.05, 4.69) is 25.5 Å². The fourth-order valence-corrected chi connectivity index (χ4v) is 2.50. The number of nitrogens with zero attached hydrogens (tertiary/aromatic N) is 2. The Morgan fingerprint density at radius 3 is 2.67 bits per heavy atom. The van der Waals surface area contributed by atoms with Crippen molar-refractivity contribution in [2.45, 2.75) is 0 Å². The van der Waals surface area contributed by atoms with Crippen molar-refractivity contribution < 1.29 is 4.74 Å². The zero-order chi connectivity index (χ0) is 12.5. The maximum atomic E-state index is 5.17. The number of methoxy groups -OCH3 is 1. The molecule has 3 rings (SSSR count). The maximum Gasteiger partial charge on any atom is 0.119 e. The van der Waals surface area contributed by atoms with Crippen LogP contribution in [-0.4, -0.2) is 16.7 Å². The molecule has 0 bridgehead atoms. The van der Waals surface area contributed by atoms with Crippen molar-refractivity contribution in [3.05, 3.63) is 53.4 Å². The molecule has 0 aliphatic carbocycles. The summed E-state index contributed by atoms with van der Waals surface area (Å²) in [7, 11) is 1.67. The van der Waals surface area contributed by atoms with E-state index in [9.17, 15) is 0 Å². The highest BCUT2D eigenvalue weighted by Gasteiger charge is 2.07. The fraction of sp³-hybridized carbons (Fsp3) is 0.0714. The van der Waals surface area contributed by atoms with Crippen molar-refractivity contribution in [3.8, 4) is 11.4 Å². The van der Waals surface area contributed by atoms with Crippen LogP contribution >= 0.6 is 15.9 Å². The van der Waals surface area contributed by atoms with Crippen LogP contribution < -0.4 is 4.74 Å². The zero-order valence-corrected chi connectivity index (χ0v) is 11.4. The molecule has 1 aromatic carbocycles. The molecule has 0 aliphatic rings. The van der Waals surface area contributed by atoms with Crippen LogP contribution in [0.5, 0.6) is 5.75 Å². The molecule has 0 saturated heterocycles. The number of hydrogen-bond acceptors (Lipinski definition) is 2. The molecule has 0 amide bonds. The highest BCUT2D eigenvalue weighted by molar-refractivity contribution is 9.10. The standard InChI is InChI=1S/C14H11BrN2O/c1-18-11-4-2-10(3-5-11)17-9-13(15)12-8-16-7-6-14(12)17/h2-9H,1H3. The first kappa shape index (κ1) is 11.3. The molecule has 0 unspecified atom stereocenters. The normalized spacial score (nSPS) is 10.8. The number of hydrogen-bond donors (Lipinski definition) is 0. The SMILES string of the molecule is COc1ccc(-n2cc(Br)c3cnccc32)cc1. The highest BCUT2D eigenvalue weighted by Crippen LogP contribution is 2.28. The Morgan fingerprint density at radius 2 is 1.94 bits per heavy atom. The summed E-state index contributed by atoms with van der Waals surface area (Å²) in [4.78, 5) is 4.14. The number of benzene rings is 1. The summed E-state index contributed by atoms with van der Waals surface area (Å²) in [5.74, 6) is 0.857. The molecule has 3 aromatic rings. The predicted octanol–water partition coefficient (Wildman–Crippen LogP) is 3.80. The van der Waals surface area contributed by atoms with E-state index in [1.807, 2.05) is 42.7 Å². The van der Waals surface area contributed by atoms with Gasteiger partial charge in [-0.3, -0.25) is 4.98 Å². The number of fused-ring (bicyclic) bond motifs is 1. The first-order valence-corrected chi connectivity index (χ1v) is 6.34. The topological polar surface area (TPSA) is 27.1 Å². The molecule has 0 N–H and O–H groups in total. The van der Waals surface area contributed by atoms with Gasteiger partial charge in [0.05, 0.1) is 12.6 Å². The second-order valence-electron chi connectivity index (χ2n) is 3.94. The highest BCUT2D eigenvalue weighted by atomic mass is 79.9. The van der Waals surface area contributed by atoms with Crippen LogP contribution in [0.25, 0.3) is 16.6 Å². The number of pyridine rings is 1. The van der Waals surface area contributed by atoms with Gasteiger partial charge in [0.15, 0.2) is 0 Å². The number of ether oxygens (including phenoxy) is 1. The lowest BCUT2D eigenvalue weighted by Crippen LogP contribution is -1.92. The van der Waals surface area contributed by atoms with Gasteiger partial charge >= 0.3 is 0 Å². The van der Waals surface area contributed by atoms with Gasteiger partial charge in [-0.15, -0.1) is 0 Å². The Morgan fingerprint density at radius 1 is 1.17 bits per heavy atom. The number of halogens is 1. The number of aromatic nitrogens is 2. The van der Waals surface area contributed by atoms with Gasteiger partial charge in [0.2, 0.25) is 0 Å². The summed E-state index contributed by atoms with van der Waals surface area (Å²) in [6.07, 6.45) is 5.71. The minimum absolute atomic E-state index is 0.857. The Bertz CT molecular complexity index is 689. The summed E-state index contributed by atoms with van der Waals surface area (Å²) >= 11 is 3.56. The smallest absolute Gasteiger partial charge is 0.119 e. The first-order chi connectivity index (χ1) is 8.79. The molecule has 0 aliphatic heterocycles. The van der Waals surface area contributed by atoms with Crippen LogP contribution in [0.4, 0.5) is 0 Å². The third-order valence-electron chi connectivity index (χ3n) is 2.91. The molecule has 0 saturated carbocycles. The molecule has 0 atom stereocenters. The van der Waals surface area contributed by atoms with Gasteiger partial charge in [0.25, 0.3) is 0 Å². The summed E-state index contributed by atoms with van der Waals surface area (Å²) in [6, 6.07) is 9.98. The van der Waals surface area contributed by atoms with E-state index in [0.29, 0.717) is 0 Å². The molecular weight excluding hydrogens is 292 g/mol. The van der Waals surface area contributed by atoms with Crippen molar-refractivity contribution in [1.82, 2.24) is 9.55 Å². The van der Waals surface area contributed by atoms with Crippen molar-refractivity contribution in [1.29, 1.82) is 0 Å². The Kier molecular flexibility index (Phi) is 2.80. The van der Waals surface area contributed by atoms with Crippen molar-refractivity contribution >= 4 is 26.8 Å². The fourth-order valence-electron chi connectivity index (χ4n) is 1.99. The summed E-state index contributed by atoms with van der Waals surface area (Å²) < 4.78 is 8.34. The van der Waals surface area contributed by atoms with E-state index >= 15 is 0 Å². The summed E-state index contributed by atoms with van der Waals surface area (Å²) in [5, 5.41) is 1.10. The summed E-state index contributed by atoms with van der Waals surface area (Å²) in [6.45, 7) is 0. The molecule has 0 spiro atoms. The molecular formula is C14H11BrN2O. The van der Waals surface area contributed by atoms with Gasteiger partial charge in [-0.25, -0.2) is 0 Å². The largest absolute Gasteiger partial charge is 0.497 e. The third-order valence-corrected chi connectivity index (χ3v) is 3.54. The van der Waals surface area contributed by atoms with Gasteiger partial charge in [-0.05, 0) is 46.3 Å². The zero-order valence-electron chi connectivity index (χ0n) is 9.80. The lowest BCUT2D eigenvalue weighted by molar-refractivity contribution is 0.415. The van der Waals surface area contributed by atoms with Crippen LogP contribution in [0.1, 0.15) is 0 Å². The van der Waals surface area contributed by atoms with Crippen LogP contribution in [0, 0.1) is 0 Å². The van der Waals surface area contributed by atoms with E-state index < -0.39 is 0 Å². The average molecular weight is 303 g/mol. The molecule has 2 aromatic heterocycles. The molecule has 3 nitrogen and oxygen atoms in total. The maximum absolute atomic E-state index is 5.17. The van der Waals surface area contributed by atoms with E-state index in [0.717, 1.165) is 26.8 Å². The molecule has 2 heterocycles. The van der Waals surface area contributed by atoms with Crippen molar-refractivity contribution in [2.75, 3.05) is 7.11 Å². The minimum Gasteiger partial charge on any atom is -0.497 e. The molecule has 90 valence electrons. The predicted molar refractivity (Wildman–Crippen MR) is 75.3 cm³/mol. The van der Waals surface area contributed by atoms with Crippen LogP contribution in [0.3, 0.4) is 0 Å². The molecule has 18 heavy (non-hydrogen) atoms. The minimum atomic E-state index is 0.857. The Labute approximate surface area is 113 Å². The Hall–Kier alpha value is -1.81. The lowest BCUT2D eigenvalue weighted by atomic mass is 10.3. The second-order valence-corrected chi connectivity index (χ2v) is 4.79. The van der Waals surface area contributed by atoms with Gasteiger partial charge in [-0.2, -0.15) is 0 Å². The van der Waals surface area contributed by atoms with Crippen LogP contribution in [0.2, 0.25) is 0 Å². The van der Waals surface area contributed by atoms with Gasteiger partial charge in [-0.1, -0.05) is 0 Å². The van der Waals surface area contributed by atoms with Gasteiger partial charge in [0.1, 0.15) is 5.75 Å². The molecule has 0 radical (unpaired) electrons. The molecule has 4 heteroatoms. The van der Waals surface area contributed by atoms with Crippen molar-refractivity contribution in [3.63, 3.8) is 0 Å². The summed E-state index contributed by atoms with van der Waals surface area (Å²) in [5.41, 5.74) is 2.22. The van der Waals surface area contributed by atoms with Gasteiger partial charge in [0, 0.05) is 34.1 Å². The average Bonchev–Trinajstić information content (AvgIpc) is 2.77. The van der Waals surface area contributed by atoms with Crippen molar-refractivity contribution in [2.24, 2.45) is 0 Å². The van der Waals surface area contributed by atoms with E-state index in [-0.39, 0.29) is 0 Å². The second kappa shape index (κ2) is 4.46. The van der Waals surface area contributed by atoms with E-state index in [4.69, 9.17) is 4.74 Å². The molecule has 0 fully saturated rings. The first-order valence-electron chi connectivity index (χ1n) is 5.54. The Balaban J connectivity index is 2.18. The number of rotatable bonds is 2. The van der Waals surface area contributed by atoms with Gasteiger partial charge < -0.3 is 9.30 Å². The lowest BCUT2D eigenvalue weighted by Gasteiger charge is -2.06. The quantitative estimate of drug-likeness (QED) is 0.720. The third kappa shape index (κ3) is 1.78. The monoisotopic (exact) mass is 302 g/mol. The van der Waals surface area contributed by atoms with E-state index in [1.54, 1.807) is 13.3 Å². The van der Waals surface area contributed by atoms with E-state index in [1.165, 1.54) is 0 Å².